The molecule has 10 nitrogen and oxygen atoms in total. The Kier molecular flexibility index (Phi) is 8.12. The maximum atomic E-state index is 16.9. The molecule has 2 aliphatic heterocycles. The van der Waals surface area contributed by atoms with Crippen LogP contribution < -0.4 is 9.64 Å². The second kappa shape index (κ2) is 12.0. The largest absolute Gasteiger partial charge is 0.468 e. The number of amides is 1. The Morgan fingerprint density at radius 1 is 1.21 bits per heavy atom. The van der Waals surface area contributed by atoms with Crippen LogP contribution in [0, 0.1) is 42.2 Å². The summed E-state index contributed by atoms with van der Waals surface area (Å²) in [6, 6.07) is 6.99. The topological polar surface area (TPSA) is 121 Å². The highest BCUT2D eigenvalue weighted by Crippen LogP contribution is 2.41. The number of halogens is 2. The van der Waals surface area contributed by atoms with Crippen LogP contribution in [0.2, 0.25) is 0 Å². The van der Waals surface area contributed by atoms with Gasteiger partial charge in [0, 0.05) is 48.1 Å². The highest BCUT2D eigenvalue weighted by atomic mass is 19.1. The first-order chi connectivity index (χ1) is 22.4. The van der Waals surface area contributed by atoms with Crippen molar-refractivity contribution in [1.29, 1.82) is 5.26 Å². The number of hydrogen-bond donors (Lipinski definition) is 1. The lowest BCUT2D eigenvalue weighted by atomic mass is 9.94. The number of nitriles is 1. The summed E-state index contributed by atoms with van der Waals surface area (Å²) in [5.41, 5.74) is -0.404. The fraction of sp³-hybridized carbons (Fsp3) is 0.371. The van der Waals surface area contributed by atoms with E-state index in [-0.39, 0.29) is 53.2 Å². The van der Waals surface area contributed by atoms with E-state index < -0.39 is 41.5 Å². The van der Waals surface area contributed by atoms with Gasteiger partial charge in [-0.15, -0.1) is 6.42 Å². The number of benzene rings is 2. The van der Waals surface area contributed by atoms with Gasteiger partial charge in [0.15, 0.2) is 12.6 Å². The van der Waals surface area contributed by atoms with Crippen LogP contribution in [0.3, 0.4) is 0 Å². The molecule has 0 unspecified atom stereocenters. The second-order valence-electron chi connectivity index (χ2n) is 12.7. The van der Waals surface area contributed by atoms with Crippen molar-refractivity contribution in [3.8, 4) is 35.4 Å². The second-order valence-corrected chi connectivity index (χ2v) is 12.7. The molecule has 2 aliphatic rings. The molecule has 12 heteroatoms. The van der Waals surface area contributed by atoms with Gasteiger partial charge in [-0.2, -0.15) is 5.26 Å². The molecule has 0 spiro atoms. The minimum atomic E-state index is -0.808. The minimum absolute atomic E-state index is 0.00316. The van der Waals surface area contributed by atoms with E-state index in [0.29, 0.717) is 34.3 Å². The first-order valence-electron chi connectivity index (χ1n) is 15.0. The van der Waals surface area contributed by atoms with Crippen LogP contribution in [0.5, 0.6) is 5.75 Å². The molecule has 3 atom stereocenters. The fourth-order valence-electron chi connectivity index (χ4n) is 6.59. The van der Waals surface area contributed by atoms with Crippen LogP contribution in [-0.2, 0) is 9.47 Å². The number of aromatic nitrogens is 2. The predicted molar refractivity (Wildman–Crippen MR) is 171 cm³/mol. The van der Waals surface area contributed by atoms with Crippen molar-refractivity contribution in [2.45, 2.75) is 57.9 Å². The van der Waals surface area contributed by atoms with Crippen molar-refractivity contribution in [3.63, 3.8) is 0 Å². The van der Waals surface area contributed by atoms with Gasteiger partial charge < -0.3 is 24.2 Å². The van der Waals surface area contributed by atoms with Gasteiger partial charge in [-0.05, 0) is 63.3 Å². The summed E-state index contributed by atoms with van der Waals surface area (Å²) in [5, 5.41) is 22.2. The van der Waals surface area contributed by atoms with Crippen molar-refractivity contribution < 1.29 is 32.9 Å². The number of anilines is 1. The summed E-state index contributed by atoms with van der Waals surface area (Å²) in [6.07, 6.45) is 6.18. The molecule has 2 aromatic heterocycles. The van der Waals surface area contributed by atoms with Crippen LogP contribution in [0.1, 0.15) is 44.0 Å². The molecule has 47 heavy (non-hydrogen) atoms. The minimum Gasteiger partial charge on any atom is -0.468 e. The number of aryl methyl sites for hydroxylation is 1. The molecule has 242 valence electrons. The van der Waals surface area contributed by atoms with E-state index in [0.717, 1.165) is 0 Å². The van der Waals surface area contributed by atoms with Crippen LogP contribution in [-0.4, -0.2) is 76.8 Å². The molecular formula is C35H33F2N5O5. The Hall–Kier alpha value is -5.04. The lowest BCUT2D eigenvalue weighted by molar-refractivity contribution is 0.00605. The van der Waals surface area contributed by atoms with E-state index in [9.17, 15) is 19.6 Å². The number of rotatable bonds is 5. The normalized spacial score (nSPS) is 19.1. The maximum absolute atomic E-state index is 16.9. The summed E-state index contributed by atoms with van der Waals surface area (Å²) >= 11 is 0. The lowest BCUT2D eigenvalue weighted by Crippen LogP contribution is -2.58. The SMILES string of the molecule is C#Cc1c(F)ccc2cc(OCOC)cc(-c3ncc4c(N5C[C@H]6C[C@@H](O)[C@@H](C5)N6C(=O)OC(C)(C)C)nc(C#N)c(C)c4c3F)c12. The summed E-state index contributed by atoms with van der Waals surface area (Å²) < 4.78 is 48.2. The van der Waals surface area contributed by atoms with Gasteiger partial charge in [-0.1, -0.05) is 12.0 Å². The summed E-state index contributed by atoms with van der Waals surface area (Å²) in [6.45, 7) is 7.27. The quantitative estimate of drug-likeness (QED) is 0.225. The molecule has 0 saturated carbocycles. The van der Waals surface area contributed by atoms with Gasteiger partial charge in [-0.3, -0.25) is 9.88 Å². The Morgan fingerprint density at radius 2 is 1.98 bits per heavy atom. The maximum Gasteiger partial charge on any atom is 0.411 e. The number of aliphatic hydroxyl groups is 1. The van der Waals surface area contributed by atoms with E-state index in [1.54, 1.807) is 38.7 Å². The number of carbonyl (C=O) groups is 1. The van der Waals surface area contributed by atoms with Gasteiger partial charge >= 0.3 is 6.09 Å². The molecule has 1 N–H and O–H groups in total. The Labute approximate surface area is 270 Å². The Bertz CT molecular complexity index is 2020. The summed E-state index contributed by atoms with van der Waals surface area (Å²) in [5.74, 6) is 1.60. The molecular weight excluding hydrogens is 608 g/mol. The number of piperazine rings is 1. The molecule has 0 aliphatic carbocycles. The van der Waals surface area contributed by atoms with Gasteiger partial charge in [0.05, 0.1) is 23.8 Å². The molecule has 1 amide bonds. The third kappa shape index (κ3) is 5.54. The van der Waals surface area contributed by atoms with Gasteiger partial charge in [0.1, 0.15) is 40.4 Å². The third-order valence-electron chi connectivity index (χ3n) is 8.55. The van der Waals surface area contributed by atoms with Crippen LogP contribution in [0.15, 0.2) is 30.5 Å². The van der Waals surface area contributed by atoms with Crippen LogP contribution in [0.25, 0.3) is 32.8 Å². The van der Waals surface area contributed by atoms with Crippen molar-refractivity contribution in [2.75, 3.05) is 31.9 Å². The number of ether oxygens (including phenoxy) is 3. The highest BCUT2D eigenvalue weighted by molar-refractivity contribution is 6.04. The van der Waals surface area contributed by atoms with Gasteiger partial charge in [0.2, 0.25) is 0 Å². The zero-order valence-corrected chi connectivity index (χ0v) is 26.6. The molecule has 2 saturated heterocycles. The number of fused-ring (bicyclic) bond motifs is 4. The first kappa shape index (κ1) is 31.9. The number of nitrogens with zero attached hydrogens (tertiary/aromatic N) is 5. The number of pyridine rings is 2. The summed E-state index contributed by atoms with van der Waals surface area (Å²) in [4.78, 5) is 25.6. The van der Waals surface area contributed by atoms with E-state index in [1.165, 1.54) is 31.5 Å². The number of hydrogen-bond acceptors (Lipinski definition) is 9. The average molecular weight is 642 g/mol. The van der Waals surface area contributed by atoms with E-state index in [2.05, 4.69) is 22.0 Å². The zero-order chi connectivity index (χ0) is 33.8. The first-order valence-corrected chi connectivity index (χ1v) is 15.0. The smallest absolute Gasteiger partial charge is 0.411 e. The summed E-state index contributed by atoms with van der Waals surface area (Å²) in [7, 11) is 1.46. The monoisotopic (exact) mass is 641 g/mol. The lowest BCUT2D eigenvalue weighted by Gasteiger charge is -2.42. The standard InChI is InChI=1S/C35H33F2N5O5/c1-7-22-25(36)9-8-19-10-21(46-17-45-6)12-23(30(19)22)32-31(37)29-18(2)26(13-38)40-33(24(29)14-39-32)41-15-20-11-28(43)27(16-41)42(20)34(44)47-35(3,4)5/h1,8-10,12,14,20,27-28,43H,11,15-17H2,2-6H3/t20-,27-,28-/m1/s1. The third-order valence-corrected chi connectivity index (χ3v) is 8.55. The molecule has 2 fully saturated rings. The number of terminal acetylenes is 1. The van der Waals surface area contributed by atoms with Crippen molar-refractivity contribution in [1.82, 2.24) is 14.9 Å². The average Bonchev–Trinajstić information content (AvgIpc) is 3.23. The predicted octanol–water partition coefficient (Wildman–Crippen LogP) is 5.43. The molecule has 6 rings (SSSR count). The van der Waals surface area contributed by atoms with Crippen LogP contribution in [0.4, 0.5) is 19.4 Å². The van der Waals surface area contributed by atoms with Gasteiger partial charge in [-0.25, -0.2) is 18.6 Å². The van der Waals surface area contributed by atoms with E-state index in [4.69, 9.17) is 20.6 Å². The zero-order valence-electron chi connectivity index (χ0n) is 26.6. The molecule has 4 heterocycles. The molecule has 4 aromatic rings. The van der Waals surface area contributed by atoms with Crippen LogP contribution >= 0.6 is 0 Å². The molecule has 2 aromatic carbocycles. The Balaban J connectivity index is 1.51. The molecule has 2 bridgehead atoms. The van der Waals surface area contributed by atoms with Gasteiger partial charge in [0.25, 0.3) is 0 Å². The molecule has 0 radical (unpaired) electrons. The van der Waals surface area contributed by atoms with E-state index >= 15 is 4.39 Å². The van der Waals surface area contributed by atoms with Crippen molar-refractivity contribution >= 4 is 33.5 Å². The van der Waals surface area contributed by atoms with Crippen molar-refractivity contribution in [2.24, 2.45) is 0 Å². The number of aliphatic hydroxyl groups excluding tert-OH is 1. The van der Waals surface area contributed by atoms with E-state index in [1.807, 2.05) is 4.90 Å². The Morgan fingerprint density at radius 3 is 2.64 bits per heavy atom. The number of methoxy groups -OCH3 is 1. The fourth-order valence-corrected chi connectivity index (χ4v) is 6.59. The highest BCUT2D eigenvalue weighted by Gasteiger charge is 2.50. The van der Waals surface area contributed by atoms with Crippen molar-refractivity contribution in [3.05, 3.63) is 58.9 Å². The number of carbonyl (C=O) groups excluding carboxylic acids is 1.